The minimum atomic E-state index is -4.51. The quantitative estimate of drug-likeness (QED) is 0.556. The first-order chi connectivity index (χ1) is 14.3. The molecule has 0 spiro atoms. The Morgan fingerprint density at radius 1 is 1.43 bits per heavy atom. The molecule has 1 aliphatic heterocycles. The summed E-state index contributed by atoms with van der Waals surface area (Å²) in [6, 6.07) is 1.15. The maximum atomic E-state index is 13.7. The van der Waals surface area contributed by atoms with Gasteiger partial charge in [0.25, 0.3) is 5.91 Å². The van der Waals surface area contributed by atoms with Crippen molar-refractivity contribution >= 4 is 34.7 Å². The summed E-state index contributed by atoms with van der Waals surface area (Å²) in [5.41, 5.74) is -0.192. The molecule has 0 aromatic carbocycles. The van der Waals surface area contributed by atoms with E-state index in [0.717, 1.165) is 35.6 Å². The van der Waals surface area contributed by atoms with E-state index in [2.05, 4.69) is 34.5 Å². The third-order valence-corrected chi connectivity index (χ3v) is 6.57. The van der Waals surface area contributed by atoms with Crippen LogP contribution in [0.25, 0.3) is 0 Å². The van der Waals surface area contributed by atoms with Crippen molar-refractivity contribution in [3.05, 3.63) is 33.1 Å². The normalized spacial score (nSPS) is 18.9. The van der Waals surface area contributed by atoms with E-state index in [9.17, 15) is 18.0 Å². The molecule has 3 heterocycles. The molecule has 2 aromatic rings. The fourth-order valence-corrected chi connectivity index (χ4v) is 4.59. The average Bonchev–Trinajstić information content (AvgIpc) is 3.35. The van der Waals surface area contributed by atoms with Crippen molar-refractivity contribution in [3.8, 4) is 0 Å². The van der Waals surface area contributed by atoms with E-state index in [1.807, 2.05) is 5.38 Å². The van der Waals surface area contributed by atoms with Gasteiger partial charge in [0.2, 0.25) is 0 Å². The first-order valence-electron chi connectivity index (χ1n) is 9.91. The second-order valence-electron chi connectivity index (χ2n) is 7.10. The van der Waals surface area contributed by atoms with Crippen LogP contribution in [-0.4, -0.2) is 52.9 Å². The summed E-state index contributed by atoms with van der Waals surface area (Å²) in [7, 11) is 0. The zero-order valence-corrected chi connectivity index (χ0v) is 18.4. The predicted octanol–water partition coefficient (Wildman–Crippen LogP) is 4.72. The van der Waals surface area contributed by atoms with Gasteiger partial charge < -0.3 is 15.5 Å². The Kier molecular flexibility index (Phi) is 7.30. The molecule has 2 N–H and O–H groups in total. The van der Waals surface area contributed by atoms with Crippen molar-refractivity contribution in [2.75, 3.05) is 31.5 Å². The number of nitrogens with one attached hydrogen (secondary N) is 2. The van der Waals surface area contributed by atoms with E-state index in [4.69, 9.17) is 11.6 Å². The van der Waals surface area contributed by atoms with Gasteiger partial charge in [-0.05, 0) is 37.5 Å². The van der Waals surface area contributed by atoms with Gasteiger partial charge in [-0.3, -0.25) is 4.79 Å². The van der Waals surface area contributed by atoms with E-state index >= 15 is 0 Å². The summed E-state index contributed by atoms with van der Waals surface area (Å²) in [6.45, 7) is 7.17. The molecule has 0 saturated carbocycles. The Balaban J connectivity index is 1.77. The number of halogens is 4. The van der Waals surface area contributed by atoms with Crippen LogP contribution in [0.1, 0.15) is 54.1 Å². The first kappa shape index (κ1) is 22.9. The standard InChI is InChI=1S/C19H25ClF3N5OS/c1-3-27(4-2)9-6-8-24-18(29)16-15(20)17-25-12(13-7-5-10-30-13)11-14(19(21,22)23)28(17)26-16/h5,7,10,12,14,25H,3-4,6,8-9,11H2,1-2H3,(H,24,29)/t12-,14-/m0/s1. The molecule has 2 aromatic heterocycles. The molecule has 3 rings (SSSR count). The number of carbonyl (C=O) groups excluding carboxylic acids is 1. The number of aromatic nitrogens is 2. The van der Waals surface area contributed by atoms with Crippen molar-refractivity contribution in [2.45, 2.75) is 44.9 Å². The number of alkyl halides is 3. The Morgan fingerprint density at radius 3 is 2.77 bits per heavy atom. The van der Waals surface area contributed by atoms with Gasteiger partial charge in [-0.15, -0.1) is 11.3 Å². The second-order valence-corrected chi connectivity index (χ2v) is 8.45. The van der Waals surface area contributed by atoms with Crippen LogP contribution in [0.5, 0.6) is 0 Å². The van der Waals surface area contributed by atoms with E-state index in [0.29, 0.717) is 6.54 Å². The lowest BCUT2D eigenvalue weighted by Crippen LogP contribution is -2.35. The number of anilines is 1. The van der Waals surface area contributed by atoms with Gasteiger partial charge in [0.1, 0.15) is 10.8 Å². The molecule has 6 nitrogen and oxygen atoms in total. The van der Waals surface area contributed by atoms with E-state index in [1.165, 1.54) is 11.3 Å². The number of fused-ring (bicyclic) bond motifs is 1. The Bertz CT molecular complexity index is 851. The average molecular weight is 464 g/mol. The highest BCUT2D eigenvalue weighted by molar-refractivity contribution is 7.10. The van der Waals surface area contributed by atoms with Crippen LogP contribution in [0, 0.1) is 0 Å². The van der Waals surface area contributed by atoms with Gasteiger partial charge in [0.15, 0.2) is 11.7 Å². The van der Waals surface area contributed by atoms with Crippen LogP contribution in [-0.2, 0) is 0 Å². The topological polar surface area (TPSA) is 62.2 Å². The van der Waals surface area contributed by atoms with Gasteiger partial charge in [-0.2, -0.15) is 18.3 Å². The zero-order valence-electron chi connectivity index (χ0n) is 16.8. The summed E-state index contributed by atoms with van der Waals surface area (Å²) in [4.78, 5) is 15.5. The maximum absolute atomic E-state index is 13.7. The monoisotopic (exact) mass is 463 g/mol. The number of rotatable bonds is 8. The number of nitrogens with zero attached hydrogens (tertiary/aromatic N) is 3. The molecular weight excluding hydrogens is 439 g/mol. The molecule has 1 amide bonds. The molecule has 0 saturated heterocycles. The lowest BCUT2D eigenvalue weighted by molar-refractivity contribution is -0.173. The van der Waals surface area contributed by atoms with Crippen molar-refractivity contribution in [2.24, 2.45) is 0 Å². The van der Waals surface area contributed by atoms with Crippen LogP contribution in [0.15, 0.2) is 17.5 Å². The minimum absolute atomic E-state index is 0.0249. The third kappa shape index (κ3) is 4.92. The fourth-order valence-electron chi connectivity index (χ4n) is 3.54. The number of amides is 1. The minimum Gasteiger partial charge on any atom is -0.361 e. The highest BCUT2D eigenvalue weighted by atomic mass is 35.5. The van der Waals surface area contributed by atoms with Gasteiger partial charge in [0, 0.05) is 17.8 Å². The van der Waals surface area contributed by atoms with Crippen LogP contribution in [0.2, 0.25) is 5.02 Å². The lowest BCUT2D eigenvalue weighted by Gasteiger charge is -2.32. The second kappa shape index (κ2) is 9.57. The SMILES string of the molecule is CCN(CC)CCCNC(=O)c1nn2c(c1Cl)N[C@H](c1cccs1)C[C@H]2C(F)(F)F. The Hall–Kier alpha value is -1.78. The first-order valence-corrected chi connectivity index (χ1v) is 11.2. The smallest absolute Gasteiger partial charge is 0.361 e. The fraction of sp³-hybridized carbons (Fsp3) is 0.579. The molecule has 0 bridgehead atoms. The summed E-state index contributed by atoms with van der Waals surface area (Å²) in [5.74, 6) is -0.547. The Labute approximate surface area is 182 Å². The van der Waals surface area contributed by atoms with Gasteiger partial charge in [0.05, 0.1) is 6.04 Å². The van der Waals surface area contributed by atoms with Crippen LogP contribution >= 0.6 is 22.9 Å². The van der Waals surface area contributed by atoms with Gasteiger partial charge in [-0.25, -0.2) is 4.68 Å². The number of thiophene rings is 1. The van der Waals surface area contributed by atoms with E-state index in [-0.39, 0.29) is 23.0 Å². The molecule has 166 valence electrons. The van der Waals surface area contributed by atoms with Gasteiger partial charge in [-0.1, -0.05) is 31.5 Å². The molecule has 2 atom stereocenters. The zero-order chi connectivity index (χ0) is 21.9. The van der Waals surface area contributed by atoms with Crippen molar-refractivity contribution < 1.29 is 18.0 Å². The van der Waals surface area contributed by atoms with Crippen molar-refractivity contribution in [3.63, 3.8) is 0 Å². The molecule has 0 unspecified atom stereocenters. The maximum Gasteiger partial charge on any atom is 0.410 e. The predicted molar refractivity (Wildman–Crippen MR) is 112 cm³/mol. The highest BCUT2D eigenvalue weighted by Crippen LogP contribution is 2.46. The Morgan fingerprint density at radius 2 is 2.17 bits per heavy atom. The highest BCUT2D eigenvalue weighted by Gasteiger charge is 2.48. The summed E-state index contributed by atoms with van der Waals surface area (Å²) >= 11 is 7.68. The molecular formula is C19H25ClF3N5OS. The molecule has 0 radical (unpaired) electrons. The lowest BCUT2D eigenvalue weighted by atomic mass is 10.0. The van der Waals surface area contributed by atoms with Crippen LogP contribution in [0.4, 0.5) is 19.0 Å². The number of hydrogen-bond acceptors (Lipinski definition) is 5. The molecule has 0 aliphatic carbocycles. The molecule has 30 heavy (non-hydrogen) atoms. The summed E-state index contributed by atoms with van der Waals surface area (Å²) in [5, 5.41) is 11.4. The number of hydrogen-bond donors (Lipinski definition) is 2. The van der Waals surface area contributed by atoms with Crippen molar-refractivity contribution in [1.29, 1.82) is 0 Å². The largest absolute Gasteiger partial charge is 0.410 e. The van der Waals surface area contributed by atoms with E-state index < -0.39 is 24.2 Å². The molecule has 1 aliphatic rings. The number of carbonyl (C=O) groups is 1. The summed E-state index contributed by atoms with van der Waals surface area (Å²) in [6.07, 6.45) is -4.01. The van der Waals surface area contributed by atoms with Crippen LogP contribution < -0.4 is 10.6 Å². The van der Waals surface area contributed by atoms with Crippen molar-refractivity contribution in [1.82, 2.24) is 20.0 Å². The van der Waals surface area contributed by atoms with E-state index in [1.54, 1.807) is 12.1 Å². The van der Waals surface area contributed by atoms with Gasteiger partial charge >= 0.3 is 6.18 Å². The summed E-state index contributed by atoms with van der Waals surface area (Å²) < 4.78 is 42.0. The molecule has 0 fully saturated rings. The molecule has 11 heteroatoms. The third-order valence-electron chi connectivity index (χ3n) is 5.23. The van der Waals surface area contributed by atoms with Crippen LogP contribution in [0.3, 0.4) is 0 Å².